The molecular formula is C15H22BNO3. The molecule has 3 rings (SSSR count). The Labute approximate surface area is 120 Å². The van der Waals surface area contributed by atoms with Gasteiger partial charge >= 0.3 is 7.12 Å². The monoisotopic (exact) mass is 275 g/mol. The maximum Gasteiger partial charge on any atom is 0.494 e. The lowest BCUT2D eigenvalue weighted by Gasteiger charge is -2.32. The zero-order chi connectivity index (χ0) is 14.4. The molecule has 0 amide bonds. The first kappa shape index (κ1) is 13.9. The Kier molecular flexibility index (Phi) is 3.31. The van der Waals surface area contributed by atoms with Gasteiger partial charge in [0.2, 0.25) is 0 Å². The second-order valence-corrected chi connectivity index (χ2v) is 6.56. The van der Waals surface area contributed by atoms with E-state index in [2.05, 4.69) is 33.0 Å². The van der Waals surface area contributed by atoms with Gasteiger partial charge in [-0.25, -0.2) is 0 Å². The second-order valence-electron chi connectivity index (χ2n) is 6.56. The van der Waals surface area contributed by atoms with Crippen LogP contribution < -0.4 is 15.5 Å². The van der Waals surface area contributed by atoms with Crippen molar-refractivity contribution in [3.63, 3.8) is 0 Å². The van der Waals surface area contributed by atoms with Crippen LogP contribution in [-0.4, -0.2) is 37.5 Å². The van der Waals surface area contributed by atoms with E-state index < -0.39 is 0 Å². The molecule has 1 aromatic carbocycles. The van der Waals surface area contributed by atoms with Crippen LogP contribution in [0.3, 0.4) is 0 Å². The lowest BCUT2D eigenvalue weighted by molar-refractivity contribution is 0.00578. The Bertz CT molecular complexity index is 484. The highest BCUT2D eigenvalue weighted by molar-refractivity contribution is 6.62. The first-order valence-corrected chi connectivity index (χ1v) is 7.20. The van der Waals surface area contributed by atoms with E-state index in [-0.39, 0.29) is 24.4 Å². The molecule has 2 aliphatic rings. The summed E-state index contributed by atoms with van der Waals surface area (Å²) in [5, 5.41) is 3.20. The lowest BCUT2D eigenvalue weighted by Crippen LogP contribution is -2.50. The molecule has 0 radical (unpaired) electrons. The van der Waals surface area contributed by atoms with E-state index in [1.54, 1.807) is 0 Å². The van der Waals surface area contributed by atoms with Crippen molar-refractivity contribution in [3.05, 3.63) is 24.3 Å². The molecule has 0 spiro atoms. The Morgan fingerprint density at radius 3 is 2.35 bits per heavy atom. The van der Waals surface area contributed by atoms with Crippen LogP contribution in [-0.2, 0) is 9.31 Å². The predicted molar refractivity (Wildman–Crippen MR) is 79.4 cm³/mol. The van der Waals surface area contributed by atoms with Crippen molar-refractivity contribution < 1.29 is 14.0 Å². The summed E-state index contributed by atoms with van der Waals surface area (Å²) in [6.45, 7) is 10.1. The number of nitrogens with one attached hydrogen (secondary N) is 1. The molecule has 2 saturated heterocycles. The zero-order valence-electron chi connectivity index (χ0n) is 12.6. The molecule has 20 heavy (non-hydrogen) atoms. The minimum Gasteiger partial charge on any atom is -0.488 e. The minimum atomic E-state index is -0.330. The van der Waals surface area contributed by atoms with E-state index in [0.717, 1.165) is 24.3 Å². The summed E-state index contributed by atoms with van der Waals surface area (Å²) in [5.74, 6) is 0.878. The lowest BCUT2D eigenvalue weighted by atomic mass is 9.79. The molecule has 0 aliphatic carbocycles. The van der Waals surface area contributed by atoms with Gasteiger partial charge in [-0.2, -0.15) is 0 Å². The molecule has 2 aliphatic heterocycles. The van der Waals surface area contributed by atoms with Crippen LogP contribution in [0.15, 0.2) is 24.3 Å². The molecule has 0 atom stereocenters. The van der Waals surface area contributed by atoms with Crippen LogP contribution in [0.2, 0.25) is 0 Å². The van der Waals surface area contributed by atoms with Crippen molar-refractivity contribution >= 4 is 12.6 Å². The topological polar surface area (TPSA) is 39.7 Å². The summed E-state index contributed by atoms with van der Waals surface area (Å²) in [6.07, 6.45) is 0.281. The fourth-order valence-electron chi connectivity index (χ4n) is 2.25. The van der Waals surface area contributed by atoms with Gasteiger partial charge in [-0.05, 0) is 45.3 Å². The van der Waals surface area contributed by atoms with Crippen molar-refractivity contribution in [1.82, 2.24) is 5.32 Å². The Morgan fingerprint density at radius 1 is 1.15 bits per heavy atom. The van der Waals surface area contributed by atoms with Crippen LogP contribution in [0.25, 0.3) is 0 Å². The van der Waals surface area contributed by atoms with Crippen molar-refractivity contribution in [1.29, 1.82) is 0 Å². The van der Waals surface area contributed by atoms with Gasteiger partial charge in [-0.3, -0.25) is 0 Å². The van der Waals surface area contributed by atoms with Gasteiger partial charge in [0.05, 0.1) is 11.2 Å². The summed E-state index contributed by atoms with van der Waals surface area (Å²) in [7, 11) is -0.330. The molecule has 0 aromatic heterocycles. The van der Waals surface area contributed by atoms with Crippen molar-refractivity contribution in [2.75, 3.05) is 13.1 Å². The van der Waals surface area contributed by atoms with Gasteiger partial charge < -0.3 is 19.4 Å². The highest BCUT2D eigenvalue weighted by atomic mass is 16.7. The van der Waals surface area contributed by atoms with Crippen molar-refractivity contribution in [2.45, 2.75) is 45.0 Å². The van der Waals surface area contributed by atoms with Gasteiger partial charge in [-0.15, -0.1) is 0 Å². The third-order valence-corrected chi connectivity index (χ3v) is 4.43. The largest absolute Gasteiger partial charge is 0.494 e. The standard InChI is InChI=1S/C15H22BNO3/c1-14(2)15(3,4)20-16(19-14)11-6-5-7-12(8-11)18-13-9-17-10-13/h5-8,13,17H,9-10H2,1-4H3. The summed E-state index contributed by atoms with van der Waals surface area (Å²) in [6, 6.07) is 8.00. The van der Waals surface area contributed by atoms with Gasteiger partial charge in [0, 0.05) is 13.1 Å². The summed E-state index contributed by atoms with van der Waals surface area (Å²) in [5.41, 5.74) is 0.382. The van der Waals surface area contributed by atoms with E-state index in [0.29, 0.717) is 0 Å². The maximum atomic E-state index is 6.06. The average Bonchev–Trinajstić information content (AvgIpc) is 2.54. The number of benzene rings is 1. The number of hydrogen-bond acceptors (Lipinski definition) is 4. The predicted octanol–water partition coefficient (Wildman–Crippen LogP) is 1.34. The van der Waals surface area contributed by atoms with Crippen LogP contribution in [0, 0.1) is 0 Å². The Morgan fingerprint density at radius 2 is 1.80 bits per heavy atom. The van der Waals surface area contributed by atoms with E-state index in [1.807, 2.05) is 24.3 Å². The average molecular weight is 275 g/mol. The molecule has 0 bridgehead atoms. The van der Waals surface area contributed by atoms with E-state index in [4.69, 9.17) is 14.0 Å². The molecule has 1 aromatic rings. The zero-order valence-corrected chi connectivity index (χ0v) is 12.6. The van der Waals surface area contributed by atoms with E-state index in [9.17, 15) is 0 Å². The van der Waals surface area contributed by atoms with Gasteiger partial charge in [-0.1, -0.05) is 12.1 Å². The minimum absolute atomic E-state index is 0.281. The van der Waals surface area contributed by atoms with Gasteiger partial charge in [0.15, 0.2) is 0 Å². The van der Waals surface area contributed by atoms with Gasteiger partial charge in [0.25, 0.3) is 0 Å². The third kappa shape index (κ3) is 2.46. The molecular weight excluding hydrogens is 253 g/mol. The first-order chi connectivity index (χ1) is 9.37. The van der Waals surface area contributed by atoms with Crippen molar-refractivity contribution in [3.8, 4) is 5.75 Å². The Hall–Kier alpha value is -1.04. The smallest absolute Gasteiger partial charge is 0.488 e. The molecule has 2 fully saturated rings. The van der Waals surface area contributed by atoms with Crippen LogP contribution in [0.5, 0.6) is 5.75 Å². The highest BCUT2D eigenvalue weighted by Crippen LogP contribution is 2.36. The summed E-state index contributed by atoms with van der Waals surface area (Å²) < 4.78 is 18.0. The van der Waals surface area contributed by atoms with E-state index in [1.165, 1.54) is 0 Å². The van der Waals surface area contributed by atoms with Crippen molar-refractivity contribution in [2.24, 2.45) is 0 Å². The normalized spacial score (nSPS) is 24.5. The SMILES string of the molecule is CC1(C)OB(c2cccc(OC3CNC3)c2)OC1(C)C. The van der Waals surface area contributed by atoms with Crippen LogP contribution in [0.4, 0.5) is 0 Å². The van der Waals surface area contributed by atoms with Crippen LogP contribution >= 0.6 is 0 Å². The first-order valence-electron chi connectivity index (χ1n) is 7.20. The highest BCUT2D eigenvalue weighted by Gasteiger charge is 2.51. The maximum absolute atomic E-state index is 6.06. The molecule has 4 nitrogen and oxygen atoms in total. The Balaban J connectivity index is 1.76. The molecule has 1 N–H and O–H groups in total. The molecule has 0 saturated carbocycles. The van der Waals surface area contributed by atoms with Crippen LogP contribution in [0.1, 0.15) is 27.7 Å². The number of rotatable bonds is 3. The molecule has 108 valence electrons. The molecule has 5 heteroatoms. The van der Waals surface area contributed by atoms with Gasteiger partial charge in [0.1, 0.15) is 11.9 Å². The molecule has 0 unspecified atom stereocenters. The van der Waals surface area contributed by atoms with E-state index >= 15 is 0 Å². The summed E-state index contributed by atoms with van der Waals surface area (Å²) >= 11 is 0. The number of hydrogen-bond donors (Lipinski definition) is 1. The molecule has 2 heterocycles. The number of ether oxygens (including phenoxy) is 1. The fraction of sp³-hybridized carbons (Fsp3) is 0.600. The quantitative estimate of drug-likeness (QED) is 0.845. The second kappa shape index (κ2) is 4.76. The fourth-order valence-corrected chi connectivity index (χ4v) is 2.25. The third-order valence-electron chi connectivity index (χ3n) is 4.43. The summed E-state index contributed by atoms with van der Waals surface area (Å²) in [4.78, 5) is 0.